The Hall–Kier alpha value is -3.13. The van der Waals surface area contributed by atoms with Gasteiger partial charge in [0.05, 0.1) is 17.9 Å². The minimum absolute atomic E-state index is 0.000625. The highest BCUT2D eigenvalue weighted by atomic mass is 32.1. The lowest BCUT2D eigenvalue weighted by Gasteiger charge is -2.23. The normalized spacial score (nSPS) is 16.6. The largest absolute Gasteiger partial charge is 0.331 e. The molecule has 1 aliphatic rings. The highest BCUT2D eigenvalue weighted by Crippen LogP contribution is 2.36. The topological polar surface area (TPSA) is 50.5 Å². The van der Waals surface area contributed by atoms with Crippen LogP contribution in [0.1, 0.15) is 46.2 Å². The van der Waals surface area contributed by atoms with Crippen molar-refractivity contribution in [1.82, 2.24) is 19.5 Å². The number of likely N-dealkylation sites (tertiary alicyclic amines) is 1. The summed E-state index contributed by atoms with van der Waals surface area (Å²) >= 11 is 1.62. The van der Waals surface area contributed by atoms with E-state index in [2.05, 4.69) is 10.1 Å². The molecule has 0 saturated carbocycles. The minimum atomic E-state index is -2.74. The van der Waals surface area contributed by atoms with Crippen molar-refractivity contribution in [3.63, 3.8) is 0 Å². The quantitative estimate of drug-likeness (QED) is 0.442. The number of nitrogens with zero attached hydrogens (tertiary/aromatic N) is 4. The van der Waals surface area contributed by atoms with Crippen molar-refractivity contribution in [3.05, 3.63) is 76.2 Å². The molecule has 4 aromatic rings. The third-order valence-corrected chi connectivity index (χ3v) is 6.38. The number of carbonyl (C=O) groups excluding carboxylic acids is 1. The molecule has 0 aliphatic carbocycles. The maximum atomic E-state index is 13.8. The van der Waals surface area contributed by atoms with E-state index in [1.165, 1.54) is 12.3 Å². The third-order valence-electron chi connectivity index (χ3n) is 5.41. The van der Waals surface area contributed by atoms with E-state index >= 15 is 0 Å². The molecule has 0 spiro atoms. The molecule has 0 radical (unpaired) electrons. The van der Waals surface area contributed by atoms with Crippen LogP contribution in [-0.4, -0.2) is 31.9 Å². The Morgan fingerprint density at radius 1 is 1.17 bits per heavy atom. The average Bonchev–Trinajstić information content (AvgIpc) is 3.53. The van der Waals surface area contributed by atoms with E-state index in [4.69, 9.17) is 0 Å². The summed E-state index contributed by atoms with van der Waals surface area (Å²) in [6.45, 7) is 0.624. The van der Waals surface area contributed by atoms with Gasteiger partial charge in [-0.3, -0.25) is 4.79 Å². The van der Waals surface area contributed by atoms with E-state index in [0.29, 0.717) is 17.8 Å². The van der Waals surface area contributed by atoms with Crippen LogP contribution in [-0.2, 0) is 0 Å². The molecule has 1 amide bonds. The smallest absolute Gasteiger partial charge is 0.280 e. The van der Waals surface area contributed by atoms with Crippen LogP contribution < -0.4 is 0 Å². The van der Waals surface area contributed by atoms with Gasteiger partial charge in [0.1, 0.15) is 11.3 Å². The van der Waals surface area contributed by atoms with Crippen molar-refractivity contribution in [2.75, 3.05) is 6.54 Å². The molecule has 152 valence electrons. The van der Waals surface area contributed by atoms with Gasteiger partial charge in [-0.15, -0.1) is 11.3 Å². The van der Waals surface area contributed by atoms with Crippen LogP contribution in [0.5, 0.6) is 0 Å². The first-order valence-electron chi connectivity index (χ1n) is 9.70. The zero-order valence-electron chi connectivity index (χ0n) is 15.9. The molecular formula is C22H18F2N4OS. The second-order valence-electron chi connectivity index (χ2n) is 7.20. The first-order valence-corrected chi connectivity index (χ1v) is 10.6. The minimum Gasteiger partial charge on any atom is -0.331 e. The zero-order chi connectivity index (χ0) is 20.7. The van der Waals surface area contributed by atoms with Crippen LogP contribution in [0.3, 0.4) is 0 Å². The Morgan fingerprint density at radius 3 is 2.73 bits per heavy atom. The summed E-state index contributed by atoms with van der Waals surface area (Å²) in [6, 6.07) is 14.4. The Bertz CT molecular complexity index is 1190. The van der Waals surface area contributed by atoms with E-state index in [1.54, 1.807) is 23.5 Å². The van der Waals surface area contributed by atoms with Gasteiger partial charge in [-0.2, -0.15) is 5.10 Å². The summed E-state index contributed by atoms with van der Waals surface area (Å²) in [4.78, 5) is 20.9. The molecule has 1 aliphatic heterocycles. The Labute approximate surface area is 175 Å². The highest BCUT2D eigenvalue weighted by Gasteiger charge is 2.33. The Balaban J connectivity index is 1.61. The molecule has 1 fully saturated rings. The number of amides is 1. The van der Waals surface area contributed by atoms with Crippen molar-refractivity contribution in [2.24, 2.45) is 0 Å². The fourth-order valence-electron chi connectivity index (χ4n) is 3.99. The number of hydrogen-bond acceptors (Lipinski definition) is 4. The monoisotopic (exact) mass is 424 g/mol. The molecule has 0 bridgehead atoms. The van der Waals surface area contributed by atoms with Crippen molar-refractivity contribution < 1.29 is 13.6 Å². The highest BCUT2D eigenvalue weighted by molar-refractivity contribution is 7.10. The fraction of sp³-hybridized carbons (Fsp3) is 0.227. The first kappa shape index (κ1) is 18.9. The molecule has 5 rings (SSSR count). The van der Waals surface area contributed by atoms with E-state index in [9.17, 15) is 13.6 Å². The summed E-state index contributed by atoms with van der Waals surface area (Å²) < 4.78 is 28.6. The van der Waals surface area contributed by atoms with Gasteiger partial charge in [0.2, 0.25) is 0 Å². The van der Waals surface area contributed by atoms with E-state index in [0.717, 1.165) is 22.2 Å². The van der Waals surface area contributed by atoms with Crippen molar-refractivity contribution in [3.8, 4) is 11.3 Å². The molecule has 1 saturated heterocycles. The number of benzene rings is 1. The Morgan fingerprint density at radius 2 is 2.00 bits per heavy atom. The van der Waals surface area contributed by atoms with Gasteiger partial charge in [0, 0.05) is 17.0 Å². The number of halogens is 2. The SMILES string of the molecule is O=C(c1cnn2c(C(F)F)cc(-c3ccccc3)nc12)N1CCC[C@@H]1c1cccs1. The lowest BCUT2D eigenvalue weighted by Crippen LogP contribution is -2.30. The van der Waals surface area contributed by atoms with Crippen LogP contribution in [0.25, 0.3) is 16.9 Å². The van der Waals surface area contributed by atoms with Gasteiger partial charge >= 0.3 is 0 Å². The number of alkyl halides is 2. The second kappa shape index (κ2) is 7.60. The third kappa shape index (κ3) is 3.17. The number of carbonyl (C=O) groups is 1. The van der Waals surface area contributed by atoms with Gasteiger partial charge < -0.3 is 4.90 Å². The van der Waals surface area contributed by atoms with E-state index in [1.807, 2.05) is 40.6 Å². The van der Waals surface area contributed by atoms with Gasteiger partial charge in [0.25, 0.3) is 12.3 Å². The number of fused-ring (bicyclic) bond motifs is 1. The second-order valence-corrected chi connectivity index (χ2v) is 8.18. The molecule has 1 atom stereocenters. The van der Waals surface area contributed by atoms with E-state index < -0.39 is 6.43 Å². The van der Waals surface area contributed by atoms with Crippen LogP contribution in [0.15, 0.2) is 60.1 Å². The van der Waals surface area contributed by atoms with E-state index in [-0.39, 0.29) is 28.9 Å². The number of hydrogen-bond donors (Lipinski definition) is 0. The zero-order valence-corrected chi connectivity index (χ0v) is 16.7. The standard InChI is InChI=1S/C22H18F2N4OS/c23-20(24)18-12-16(14-6-2-1-3-7-14)26-21-15(13-25-28(18)21)22(29)27-10-4-8-17(27)19-9-5-11-30-19/h1-3,5-7,9,11-13,17,20H,4,8,10H2/t17-/m1/s1. The van der Waals surface area contributed by atoms with Crippen LogP contribution in [0.4, 0.5) is 8.78 Å². The average molecular weight is 424 g/mol. The predicted octanol–water partition coefficient (Wildman–Crippen LogP) is 5.37. The summed E-state index contributed by atoms with van der Waals surface area (Å²) in [5, 5.41) is 6.08. The molecule has 30 heavy (non-hydrogen) atoms. The first-order chi connectivity index (χ1) is 14.6. The summed E-state index contributed by atoms with van der Waals surface area (Å²) in [5.41, 5.74) is 1.23. The molecule has 0 N–H and O–H groups in total. The van der Waals surface area contributed by atoms with Crippen LogP contribution >= 0.6 is 11.3 Å². The maximum absolute atomic E-state index is 13.8. The number of aromatic nitrogens is 3. The lowest BCUT2D eigenvalue weighted by molar-refractivity contribution is 0.0739. The molecule has 0 unspecified atom stereocenters. The molecule has 4 heterocycles. The fourth-order valence-corrected chi connectivity index (χ4v) is 4.86. The van der Waals surface area contributed by atoms with Gasteiger partial charge in [-0.1, -0.05) is 36.4 Å². The van der Waals surface area contributed by atoms with Crippen molar-refractivity contribution in [1.29, 1.82) is 0 Å². The van der Waals surface area contributed by atoms with Crippen molar-refractivity contribution >= 4 is 22.9 Å². The summed E-state index contributed by atoms with van der Waals surface area (Å²) in [7, 11) is 0. The molecule has 1 aromatic carbocycles. The van der Waals surface area contributed by atoms with Crippen LogP contribution in [0, 0.1) is 0 Å². The van der Waals surface area contributed by atoms with Gasteiger partial charge in [-0.05, 0) is 30.4 Å². The number of thiophene rings is 1. The van der Waals surface area contributed by atoms with Crippen molar-refractivity contribution in [2.45, 2.75) is 25.3 Å². The number of rotatable bonds is 4. The van der Waals surface area contributed by atoms with Gasteiger partial charge in [0.15, 0.2) is 5.65 Å². The molecule has 3 aromatic heterocycles. The molecule has 8 heteroatoms. The lowest BCUT2D eigenvalue weighted by atomic mass is 10.1. The maximum Gasteiger partial charge on any atom is 0.280 e. The summed E-state index contributed by atoms with van der Waals surface area (Å²) in [6.07, 6.45) is 0.399. The molecule has 5 nitrogen and oxygen atoms in total. The van der Waals surface area contributed by atoms with Crippen LogP contribution in [0.2, 0.25) is 0 Å². The van der Waals surface area contributed by atoms with Gasteiger partial charge in [-0.25, -0.2) is 18.3 Å². The molecular weight excluding hydrogens is 406 g/mol. The Kier molecular flexibility index (Phi) is 4.78. The summed E-state index contributed by atoms with van der Waals surface area (Å²) in [5.74, 6) is -0.223. The predicted molar refractivity (Wildman–Crippen MR) is 111 cm³/mol.